The van der Waals surface area contributed by atoms with E-state index in [1.165, 1.54) is 31.8 Å². The number of thiophene rings is 1. The van der Waals surface area contributed by atoms with Crippen molar-refractivity contribution in [3.8, 4) is 11.3 Å². The zero-order chi connectivity index (χ0) is 27.6. The van der Waals surface area contributed by atoms with Gasteiger partial charge in [0, 0.05) is 53.9 Å². The first-order valence-electron chi connectivity index (χ1n) is 14.2. The van der Waals surface area contributed by atoms with Crippen molar-refractivity contribution in [2.75, 3.05) is 13.1 Å². The number of H-pyrrole nitrogens is 1. The quantitative estimate of drug-likeness (QED) is 0.284. The average Bonchev–Trinajstić information content (AvgIpc) is 3.60. The molecule has 208 valence electrons. The van der Waals surface area contributed by atoms with Crippen molar-refractivity contribution in [3.05, 3.63) is 39.7 Å². The van der Waals surface area contributed by atoms with Gasteiger partial charge in [-0.05, 0) is 80.5 Å². The van der Waals surface area contributed by atoms with Gasteiger partial charge in [-0.3, -0.25) is 4.79 Å². The van der Waals surface area contributed by atoms with E-state index in [0.717, 1.165) is 35.3 Å². The number of halogens is 2. The summed E-state index contributed by atoms with van der Waals surface area (Å²) in [6.07, 6.45) is 6.09. The minimum absolute atomic E-state index is 0.0652. The SMILES string of the molecule is Cc1c(-c2[nH]c3sc(C4CCN(C(=O)[C@H]5CCCC(F)(F)C5)CC4)c(C)c3c2C(C)C)cn2ncnc2c1C. The van der Waals surface area contributed by atoms with Crippen LogP contribution >= 0.6 is 11.3 Å². The van der Waals surface area contributed by atoms with E-state index in [0.29, 0.717) is 37.8 Å². The monoisotopic (exact) mass is 553 g/mol. The number of aryl methyl sites for hydroxylation is 2. The van der Waals surface area contributed by atoms with Gasteiger partial charge in [-0.1, -0.05) is 13.8 Å². The minimum Gasteiger partial charge on any atom is -0.346 e. The predicted molar refractivity (Wildman–Crippen MR) is 152 cm³/mol. The van der Waals surface area contributed by atoms with Crippen LogP contribution in [0, 0.1) is 26.7 Å². The van der Waals surface area contributed by atoms with Crippen LogP contribution in [0.25, 0.3) is 27.1 Å². The van der Waals surface area contributed by atoms with Crippen LogP contribution in [0.15, 0.2) is 12.5 Å². The van der Waals surface area contributed by atoms with Crippen molar-refractivity contribution in [3.63, 3.8) is 0 Å². The van der Waals surface area contributed by atoms with Gasteiger partial charge in [0.15, 0.2) is 5.65 Å². The number of alkyl halides is 2. The Morgan fingerprint density at radius 3 is 2.56 bits per heavy atom. The highest BCUT2D eigenvalue weighted by atomic mass is 32.1. The zero-order valence-corrected chi connectivity index (χ0v) is 24.2. The van der Waals surface area contributed by atoms with Gasteiger partial charge in [0.25, 0.3) is 0 Å². The number of nitrogens with zero attached hydrogens (tertiary/aromatic N) is 4. The van der Waals surface area contributed by atoms with E-state index in [9.17, 15) is 13.6 Å². The standard InChI is InChI=1S/C30H37F2N5OS/c1-16(2)23-24-19(5)26(20-8-11-36(12-9-20)29(38)21-7-6-10-30(31,32)13-21)39-28(24)35-25(23)22-14-37-27(33-15-34-37)18(4)17(22)3/h14-16,20-21,35H,6-13H2,1-5H3/t21-/m0/s1. The summed E-state index contributed by atoms with van der Waals surface area (Å²) in [5, 5.41) is 5.72. The normalized spacial score (nSPS) is 20.5. The van der Waals surface area contributed by atoms with Crippen LogP contribution in [0.2, 0.25) is 0 Å². The summed E-state index contributed by atoms with van der Waals surface area (Å²) in [7, 11) is 0. The fourth-order valence-corrected chi connectivity index (χ4v) is 8.28. The van der Waals surface area contributed by atoms with E-state index in [4.69, 9.17) is 0 Å². The fraction of sp³-hybridized carbons (Fsp3) is 0.567. The first kappa shape index (κ1) is 26.4. The Kier molecular flexibility index (Phi) is 6.56. The molecule has 1 N–H and O–H groups in total. The van der Waals surface area contributed by atoms with Gasteiger partial charge in [-0.25, -0.2) is 18.3 Å². The smallest absolute Gasteiger partial charge is 0.248 e. The Bertz CT molecular complexity index is 1560. The molecule has 1 saturated carbocycles. The lowest BCUT2D eigenvalue weighted by molar-refractivity contribution is -0.143. The predicted octanol–water partition coefficient (Wildman–Crippen LogP) is 7.52. The molecule has 5 heterocycles. The number of carbonyl (C=O) groups excluding carboxylic acids is 1. The molecule has 39 heavy (non-hydrogen) atoms. The molecule has 0 radical (unpaired) electrons. The third-order valence-corrected chi connectivity index (χ3v) is 10.5. The number of amides is 1. The molecule has 2 aliphatic rings. The van der Waals surface area contributed by atoms with Crippen LogP contribution in [0.4, 0.5) is 8.78 Å². The van der Waals surface area contributed by atoms with Crippen molar-refractivity contribution >= 4 is 33.1 Å². The fourth-order valence-electron chi connectivity index (χ4n) is 6.89. The summed E-state index contributed by atoms with van der Waals surface area (Å²) in [5.74, 6) is -2.58. The minimum atomic E-state index is -2.70. The summed E-state index contributed by atoms with van der Waals surface area (Å²) in [6.45, 7) is 12.3. The number of aromatic nitrogens is 4. The third kappa shape index (κ3) is 4.46. The van der Waals surface area contributed by atoms with Crippen LogP contribution in [-0.2, 0) is 4.79 Å². The Labute approximate surface area is 231 Å². The molecular formula is C30H37F2N5OS. The Morgan fingerprint density at radius 2 is 1.87 bits per heavy atom. The molecule has 0 bridgehead atoms. The van der Waals surface area contributed by atoms with Crippen LogP contribution in [-0.4, -0.2) is 49.4 Å². The molecule has 0 unspecified atom stereocenters. The zero-order valence-electron chi connectivity index (χ0n) is 23.4. The number of fused-ring (bicyclic) bond motifs is 2. The molecule has 1 atom stereocenters. The number of aromatic amines is 1. The maximum absolute atomic E-state index is 13.9. The molecular weight excluding hydrogens is 516 g/mol. The highest BCUT2D eigenvalue weighted by molar-refractivity contribution is 7.19. The van der Waals surface area contributed by atoms with E-state index >= 15 is 0 Å². The first-order chi connectivity index (χ1) is 18.6. The molecule has 6 nitrogen and oxygen atoms in total. The van der Waals surface area contributed by atoms with Gasteiger partial charge in [0.1, 0.15) is 11.2 Å². The second-order valence-electron chi connectivity index (χ2n) is 11.9. The summed E-state index contributed by atoms with van der Waals surface area (Å²) in [6, 6.07) is 0. The van der Waals surface area contributed by atoms with E-state index in [-0.39, 0.29) is 18.7 Å². The lowest BCUT2D eigenvalue weighted by Gasteiger charge is -2.36. The molecule has 1 aliphatic heterocycles. The van der Waals surface area contributed by atoms with Crippen LogP contribution in [0.1, 0.15) is 91.3 Å². The molecule has 1 aliphatic carbocycles. The number of pyridine rings is 1. The van der Waals surface area contributed by atoms with E-state index in [1.807, 2.05) is 20.8 Å². The maximum Gasteiger partial charge on any atom is 0.248 e. The van der Waals surface area contributed by atoms with E-state index < -0.39 is 11.8 Å². The van der Waals surface area contributed by atoms with Crippen molar-refractivity contribution in [1.29, 1.82) is 0 Å². The Hall–Kier alpha value is -2.81. The van der Waals surface area contributed by atoms with Gasteiger partial charge in [0.05, 0.1) is 5.69 Å². The highest BCUT2D eigenvalue weighted by Gasteiger charge is 2.41. The van der Waals surface area contributed by atoms with E-state index in [1.54, 1.807) is 6.33 Å². The lowest BCUT2D eigenvalue weighted by atomic mass is 9.84. The van der Waals surface area contributed by atoms with Crippen LogP contribution in [0.3, 0.4) is 0 Å². The van der Waals surface area contributed by atoms with Crippen molar-refractivity contribution < 1.29 is 13.6 Å². The van der Waals surface area contributed by atoms with Gasteiger partial charge >= 0.3 is 0 Å². The number of piperidine rings is 1. The summed E-state index contributed by atoms with van der Waals surface area (Å²) < 4.78 is 29.7. The number of rotatable bonds is 4. The van der Waals surface area contributed by atoms with Gasteiger partial charge in [0.2, 0.25) is 11.8 Å². The molecule has 0 spiro atoms. The molecule has 6 rings (SSSR count). The number of hydrogen-bond donors (Lipinski definition) is 1. The molecule has 2 fully saturated rings. The van der Waals surface area contributed by atoms with Crippen LogP contribution in [0.5, 0.6) is 0 Å². The van der Waals surface area contributed by atoms with E-state index in [2.05, 4.69) is 55.9 Å². The Morgan fingerprint density at radius 1 is 1.13 bits per heavy atom. The number of hydrogen-bond acceptors (Lipinski definition) is 4. The summed E-state index contributed by atoms with van der Waals surface area (Å²) in [4.78, 5) is 25.7. The van der Waals surface area contributed by atoms with Gasteiger partial charge in [-0.2, -0.15) is 5.10 Å². The topological polar surface area (TPSA) is 66.3 Å². The summed E-state index contributed by atoms with van der Waals surface area (Å²) in [5.41, 5.74) is 8.19. The third-order valence-electron chi connectivity index (χ3n) is 9.10. The molecule has 1 saturated heterocycles. The van der Waals surface area contributed by atoms with Gasteiger partial charge < -0.3 is 9.88 Å². The lowest BCUT2D eigenvalue weighted by Crippen LogP contribution is -2.44. The van der Waals surface area contributed by atoms with Gasteiger partial charge in [-0.15, -0.1) is 11.3 Å². The molecule has 1 amide bonds. The van der Waals surface area contributed by atoms with Crippen molar-refractivity contribution in [2.45, 2.75) is 90.9 Å². The highest BCUT2D eigenvalue weighted by Crippen LogP contribution is 2.47. The molecule has 0 aromatic carbocycles. The first-order valence-corrected chi connectivity index (χ1v) is 15.0. The van der Waals surface area contributed by atoms with Crippen molar-refractivity contribution in [2.24, 2.45) is 5.92 Å². The summed E-state index contributed by atoms with van der Waals surface area (Å²) >= 11 is 1.84. The average molecular weight is 554 g/mol. The molecule has 4 aromatic rings. The number of carbonyl (C=O) groups is 1. The Balaban J connectivity index is 1.28. The van der Waals surface area contributed by atoms with Crippen LogP contribution < -0.4 is 0 Å². The number of nitrogens with one attached hydrogen (secondary N) is 1. The second kappa shape index (κ2) is 9.68. The maximum atomic E-state index is 13.9. The second-order valence-corrected chi connectivity index (χ2v) is 13.0. The number of likely N-dealkylation sites (tertiary alicyclic amines) is 1. The largest absolute Gasteiger partial charge is 0.346 e. The van der Waals surface area contributed by atoms with Crippen molar-refractivity contribution in [1.82, 2.24) is 24.5 Å². The molecule has 9 heteroatoms. The molecule has 4 aromatic heterocycles.